The van der Waals surface area contributed by atoms with Gasteiger partial charge in [-0.1, -0.05) is 11.6 Å². The lowest BCUT2D eigenvalue weighted by molar-refractivity contribution is 0.630. The lowest BCUT2D eigenvalue weighted by atomic mass is 10.1. The quantitative estimate of drug-likeness (QED) is 0.594. The highest BCUT2D eigenvalue weighted by atomic mass is 35.5. The molecule has 0 radical (unpaired) electrons. The molecule has 0 saturated carbocycles. The van der Waals surface area contributed by atoms with Crippen LogP contribution in [0.5, 0.6) is 0 Å². The maximum Gasteiger partial charge on any atom is 0.143 e. The Morgan fingerprint density at radius 3 is 2.69 bits per heavy atom. The smallest absolute Gasteiger partial charge is 0.143 e. The van der Waals surface area contributed by atoms with Crippen LogP contribution in [0.25, 0.3) is 10.9 Å². The molecule has 1 aromatic heterocycles. The first kappa shape index (κ1) is 11.1. The van der Waals surface area contributed by atoms with Gasteiger partial charge in [-0.05, 0) is 25.5 Å². The zero-order chi connectivity index (χ0) is 11.9. The van der Waals surface area contributed by atoms with E-state index >= 15 is 0 Å². The SMILES string of the molecule is Cc1nc2cc(F)c(Cl)cc2c(NN)c1C. The fourth-order valence-corrected chi connectivity index (χ4v) is 1.83. The topological polar surface area (TPSA) is 50.9 Å². The minimum absolute atomic E-state index is 0.0639. The number of hydrogen-bond donors (Lipinski definition) is 2. The first-order valence-electron chi connectivity index (χ1n) is 4.77. The number of nitrogens with zero attached hydrogens (tertiary/aromatic N) is 1. The predicted molar refractivity (Wildman–Crippen MR) is 64.0 cm³/mol. The molecule has 0 atom stereocenters. The largest absolute Gasteiger partial charge is 0.323 e. The number of halogens is 2. The molecular weight excluding hydrogens is 229 g/mol. The molecule has 0 amide bonds. The molecule has 0 aliphatic heterocycles. The van der Waals surface area contributed by atoms with Gasteiger partial charge in [-0.15, -0.1) is 0 Å². The number of rotatable bonds is 1. The van der Waals surface area contributed by atoms with Crippen molar-refractivity contribution in [1.29, 1.82) is 0 Å². The van der Waals surface area contributed by atoms with E-state index < -0.39 is 5.82 Å². The summed E-state index contributed by atoms with van der Waals surface area (Å²) in [6.45, 7) is 3.75. The Hall–Kier alpha value is -1.39. The Balaban J connectivity index is 2.91. The number of hydrazine groups is 1. The van der Waals surface area contributed by atoms with Gasteiger partial charge in [0.15, 0.2) is 0 Å². The van der Waals surface area contributed by atoms with Crippen LogP contribution in [0.3, 0.4) is 0 Å². The molecule has 2 rings (SSSR count). The highest BCUT2D eigenvalue weighted by Gasteiger charge is 2.11. The van der Waals surface area contributed by atoms with Crippen LogP contribution in [0.1, 0.15) is 11.3 Å². The van der Waals surface area contributed by atoms with E-state index in [9.17, 15) is 4.39 Å². The van der Waals surface area contributed by atoms with Crippen molar-refractivity contribution in [3.8, 4) is 0 Å². The van der Waals surface area contributed by atoms with E-state index in [2.05, 4.69) is 10.4 Å². The average Bonchev–Trinajstić information content (AvgIpc) is 2.24. The third-order valence-electron chi connectivity index (χ3n) is 2.66. The molecule has 1 aromatic carbocycles. The van der Waals surface area contributed by atoms with E-state index in [0.29, 0.717) is 5.52 Å². The highest BCUT2D eigenvalue weighted by molar-refractivity contribution is 6.31. The van der Waals surface area contributed by atoms with Crippen molar-refractivity contribution in [2.24, 2.45) is 5.84 Å². The molecule has 0 aliphatic carbocycles. The van der Waals surface area contributed by atoms with Crippen molar-refractivity contribution in [1.82, 2.24) is 4.98 Å². The fourth-order valence-electron chi connectivity index (χ4n) is 1.66. The van der Waals surface area contributed by atoms with Crippen LogP contribution in [0, 0.1) is 19.7 Å². The average molecular weight is 240 g/mol. The van der Waals surface area contributed by atoms with Gasteiger partial charge in [0, 0.05) is 17.1 Å². The Morgan fingerprint density at radius 1 is 1.38 bits per heavy atom. The van der Waals surface area contributed by atoms with Gasteiger partial charge in [0.1, 0.15) is 5.82 Å². The van der Waals surface area contributed by atoms with Gasteiger partial charge in [0.05, 0.1) is 16.2 Å². The number of aromatic nitrogens is 1. The van der Waals surface area contributed by atoms with Crippen LogP contribution in [0.2, 0.25) is 5.02 Å². The van der Waals surface area contributed by atoms with Gasteiger partial charge in [-0.25, -0.2) is 4.39 Å². The summed E-state index contributed by atoms with van der Waals surface area (Å²) < 4.78 is 13.3. The number of benzene rings is 1. The monoisotopic (exact) mass is 239 g/mol. The number of pyridine rings is 1. The maximum absolute atomic E-state index is 13.3. The number of nitrogens with two attached hydrogens (primary N) is 1. The Kier molecular flexibility index (Phi) is 2.69. The Labute approximate surface area is 97.4 Å². The van der Waals surface area contributed by atoms with Crippen molar-refractivity contribution in [2.45, 2.75) is 13.8 Å². The molecule has 16 heavy (non-hydrogen) atoms. The molecule has 5 heteroatoms. The molecule has 0 spiro atoms. The maximum atomic E-state index is 13.3. The number of fused-ring (bicyclic) bond motifs is 1. The van der Waals surface area contributed by atoms with Crippen LogP contribution in [0.15, 0.2) is 12.1 Å². The second kappa shape index (κ2) is 3.88. The number of aryl methyl sites for hydroxylation is 1. The van der Waals surface area contributed by atoms with Crippen LogP contribution in [-0.4, -0.2) is 4.98 Å². The third kappa shape index (κ3) is 1.60. The summed E-state index contributed by atoms with van der Waals surface area (Å²) in [7, 11) is 0. The molecule has 0 fully saturated rings. The van der Waals surface area contributed by atoms with Crippen molar-refractivity contribution < 1.29 is 4.39 Å². The van der Waals surface area contributed by atoms with Gasteiger partial charge >= 0.3 is 0 Å². The van der Waals surface area contributed by atoms with Crippen LogP contribution < -0.4 is 11.3 Å². The van der Waals surface area contributed by atoms with E-state index in [1.54, 1.807) is 0 Å². The molecule has 2 aromatic rings. The molecule has 3 N–H and O–H groups in total. The fraction of sp³-hybridized carbons (Fsp3) is 0.182. The van der Waals surface area contributed by atoms with Crippen molar-refractivity contribution in [3.05, 3.63) is 34.2 Å². The van der Waals surface area contributed by atoms with Crippen LogP contribution in [0.4, 0.5) is 10.1 Å². The molecular formula is C11H11ClFN3. The van der Waals surface area contributed by atoms with Gasteiger partial charge in [0.2, 0.25) is 0 Å². The van der Waals surface area contributed by atoms with Crippen LogP contribution >= 0.6 is 11.6 Å². The summed E-state index contributed by atoms with van der Waals surface area (Å²) in [6, 6.07) is 2.84. The summed E-state index contributed by atoms with van der Waals surface area (Å²) in [6.07, 6.45) is 0. The van der Waals surface area contributed by atoms with E-state index in [1.807, 2.05) is 13.8 Å². The lowest BCUT2D eigenvalue weighted by Gasteiger charge is -2.12. The number of nitrogen functional groups attached to an aromatic ring is 1. The van der Waals surface area contributed by atoms with Gasteiger partial charge in [-0.3, -0.25) is 10.8 Å². The zero-order valence-electron chi connectivity index (χ0n) is 8.94. The third-order valence-corrected chi connectivity index (χ3v) is 2.95. The van der Waals surface area contributed by atoms with E-state index in [0.717, 1.165) is 22.3 Å². The standard InChI is InChI=1S/C11H11ClFN3/c1-5-6(2)15-10-4-9(13)8(12)3-7(10)11(5)16-14/h3-4H,14H2,1-2H3,(H,15,16). The molecule has 0 aliphatic rings. The molecule has 84 valence electrons. The highest BCUT2D eigenvalue weighted by Crippen LogP contribution is 2.30. The molecule has 0 saturated heterocycles. The first-order chi connectivity index (χ1) is 7.54. The summed E-state index contributed by atoms with van der Waals surface area (Å²) in [5.74, 6) is 4.98. The predicted octanol–water partition coefficient (Wildman–Crippen LogP) is 2.93. The molecule has 0 unspecified atom stereocenters. The molecule has 0 bridgehead atoms. The second-order valence-corrected chi connectivity index (χ2v) is 4.03. The summed E-state index contributed by atoms with van der Waals surface area (Å²) in [4.78, 5) is 4.29. The second-order valence-electron chi connectivity index (χ2n) is 3.63. The van der Waals surface area contributed by atoms with Crippen molar-refractivity contribution in [2.75, 3.05) is 5.43 Å². The molecule has 3 nitrogen and oxygen atoms in total. The van der Waals surface area contributed by atoms with Gasteiger partial charge < -0.3 is 5.43 Å². The number of hydrogen-bond acceptors (Lipinski definition) is 3. The van der Waals surface area contributed by atoms with Gasteiger partial charge in [-0.2, -0.15) is 0 Å². The first-order valence-corrected chi connectivity index (χ1v) is 5.15. The normalized spacial score (nSPS) is 10.8. The van der Waals surface area contributed by atoms with Crippen LogP contribution in [-0.2, 0) is 0 Å². The van der Waals surface area contributed by atoms with Crippen molar-refractivity contribution in [3.63, 3.8) is 0 Å². The van der Waals surface area contributed by atoms with E-state index in [4.69, 9.17) is 17.4 Å². The summed E-state index contributed by atoms with van der Waals surface area (Å²) in [5, 5.41) is 0.783. The van der Waals surface area contributed by atoms with Gasteiger partial charge in [0.25, 0.3) is 0 Å². The van der Waals surface area contributed by atoms with E-state index in [-0.39, 0.29) is 5.02 Å². The minimum Gasteiger partial charge on any atom is -0.323 e. The van der Waals surface area contributed by atoms with Crippen molar-refractivity contribution >= 4 is 28.2 Å². The molecule has 1 heterocycles. The van der Waals surface area contributed by atoms with E-state index in [1.165, 1.54) is 12.1 Å². The zero-order valence-corrected chi connectivity index (χ0v) is 9.69. The summed E-state index contributed by atoms with van der Waals surface area (Å²) in [5.41, 5.74) is 5.61. The minimum atomic E-state index is -0.479. The lowest BCUT2D eigenvalue weighted by Crippen LogP contribution is -2.10. The Morgan fingerprint density at radius 2 is 2.06 bits per heavy atom. The summed E-state index contributed by atoms with van der Waals surface area (Å²) >= 11 is 5.74. The number of anilines is 1. The number of nitrogens with one attached hydrogen (secondary N) is 1. The Bertz CT molecular complexity index is 564.